The first-order valence-electron chi connectivity index (χ1n) is 28.6. The third kappa shape index (κ3) is 9.60. The number of pyridine rings is 1. The van der Waals surface area contributed by atoms with Gasteiger partial charge >= 0.3 is 11.7 Å². The Morgan fingerprint density at radius 3 is 1.92 bits per heavy atom. The maximum absolute atomic E-state index is 9.80. The molecule has 3 heterocycles. The summed E-state index contributed by atoms with van der Waals surface area (Å²) in [6.07, 6.45) is 0.0491. The first-order chi connectivity index (χ1) is 36.9. The van der Waals surface area contributed by atoms with E-state index in [0.717, 1.165) is 61.1 Å². The van der Waals surface area contributed by atoms with Crippen molar-refractivity contribution in [3.05, 3.63) is 192 Å². The number of hydrogen-bond donors (Lipinski definition) is 0. The van der Waals surface area contributed by atoms with Crippen LogP contribution in [0.2, 0.25) is 0 Å². The second kappa shape index (κ2) is 18.3. The lowest BCUT2D eigenvalue weighted by Crippen LogP contribution is -2.16. The molecule has 5 heteroatoms. The molecular formula is C68H72N4O+2. The summed E-state index contributed by atoms with van der Waals surface area (Å²) in [6.45, 7) is 30.1. The lowest BCUT2D eigenvalue weighted by Gasteiger charge is -2.26. The van der Waals surface area contributed by atoms with Gasteiger partial charge in [0.25, 0.3) is 5.69 Å². The first kappa shape index (κ1) is 42.2. The largest absolute Gasteiger partial charge is 0.503 e. The van der Waals surface area contributed by atoms with Gasteiger partial charge in [0.1, 0.15) is 17.3 Å². The maximum atomic E-state index is 9.80. The molecule has 73 heavy (non-hydrogen) atoms. The van der Waals surface area contributed by atoms with Gasteiger partial charge in [-0.15, -0.1) is 0 Å². The van der Waals surface area contributed by atoms with Crippen LogP contribution in [-0.2, 0) is 28.0 Å². The van der Waals surface area contributed by atoms with Crippen LogP contribution < -0.4 is 13.9 Å². The van der Waals surface area contributed by atoms with E-state index in [1.165, 1.54) is 11.6 Å². The molecule has 1 aliphatic rings. The summed E-state index contributed by atoms with van der Waals surface area (Å²) < 4.78 is 69.0. The zero-order valence-electron chi connectivity index (χ0n) is 51.1. The summed E-state index contributed by atoms with van der Waals surface area (Å²) in [6, 6.07) is 47.8. The molecule has 0 bridgehead atoms. The topological polar surface area (TPSA) is 33.1 Å². The van der Waals surface area contributed by atoms with Crippen molar-refractivity contribution in [3.63, 3.8) is 0 Å². The van der Waals surface area contributed by atoms with E-state index in [2.05, 4.69) is 173 Å². The highest BCUT2D eigenvalue weighted by Crippen LogP contribution is 2.48. The molecule has 0 spiro atoms. The zero-order chi connectivity index (χ0) is 57.1. The SMILES string of the molecule is [2H]c1cc([2H])c(-c2cccc(-c3cc(C(C)(C)C)cc(C(C)(C)C)c3)c2[N+]2=C=[N+](c3cc(Oc4ccc5c6ccccc6n(-c6cc(C(C)(C)C)ccn6)c5c4)cc(C(C)(C)C)c3)c3cccc(C([2H])([2H])C(C)C)c32)c([2H])c1[2H]. The highest BCUT2D eigenvalue weighted by molar-refractivity contribution is 6.09. The minimum absolute atomic E-state index is 0.0572. The molecule has 0 fully saturated rings. The van der Waals surface area contributed by atoms with Gasteiger partial charge in [0.05, 0.1) is 33.7 Å². The van der Waals surface area contributed by atoms with Crippen LogP contribution in [0.25, 0.3) is 49.9 Å². The predicted molar refractivity (Wildman–Crippen MR) is 310 cm³/mol. The Morgan fingerprint density at radius 2 is 1.22 bits per heavy atom. The molecule has 5 nitrogen and oxygen atoms in total. The number of ether oxygens (including phenoxy) is 1. The Hall–Kier alpha value is -7.33. The van der Waals surface area contributed by atoms with Crippen LogP contribution in [0.4, 0.5) is 22.7 Å². The Morgan fingerprint density at radius 1 is 0.562 bits per heavy atom. The van der Waals surface area contributed by atoms with Crippen LogP contribution in [0.5, 0.6) is 11.5 Å². The van der Waals surface area contributed by atoms with E-state index < -0.39 is 12.3 Å². The van der Waals surface area contributed by atoms with E-state index in [4.69, 9.17) is 12.5 Å². The lowest BCUT2D eigenvalue weighted by molar-refractivity contribution is 0.479. The van der Waals surface area contributed by atoms with E-state index in [0.29, 0.717) is 39.7 Å². The van der Waals surface area contributed by atoms with E-state index in [1.807, 2.05) is 77.7 Å². The van der Waals surface area contributed by atoms with Crippen molar-refractivity contribution in [2.45, 2.75) is 125 Å². The number of benzene rings is 7. The number of aromatic nitrogens is 2. The second-order valence-corrected chi connectivity index (χ2v) is 24.1. The zero-order valence-corrected chi connectivity index (χ0v) is 45.1. The van der Waals surface area contributed by atoms with Crippen molar-refractivity contribution in [1.82, 2.24) is 18.7 Å². The molecule has 9 aromatic rings. The standard InChI is InChI=1S/C68H72N4O/c1-44(2)34-46-24-20-29-60-63(46)71(64-55(45-22-16-15-17-23-45)26-21-27-56(64)47-35-49(66(6,7)8)37-50(36-47)67(9,10)11)43-70(60)52-38-51(68(12,13)14)39-54(41-52)73-53-30-31-58-57-25-18-19-28-59(57)72(61(58)42-53)62-40-48(32-33-69-62)65(3,4)5/h15-33,35-42,44H,34H2,1-14H3/q+2/i15D,16D,22D,23D,34D2. The summed E-state index contributed by atoms with van der Waals surface area (Å²) in [5.74, 6) is 1.62. The lowest BCUT2D eigenvalue weighted by atomic mass is 9.78. The third-order valence-electron chi connectivity index (χ3n) is 13.9. The van der Waals surface area contributed by atoms with E-state index in [1.54, 1.807) is 0 Å². The number of rotatable bonds is 9. The van der Waals surface area contributed by atoms with Crippen LogP contribution in [0.3, 0.4) is 0 Å². The van der Waals surface area contributed by atoms with E-state index in [-0.39, 0.29) is 51.4 Å². The van der Waals surface area contributed by atoms with Crippen molar-refractivity contribution in [1.29, 1.82) is 0 Å². The minimum atomic E-state index is -1.84. The molecule has 368 valence electrons. The average molecular weight is 967 g/mol. The van der Waals surface area contributed by atoms with Crippen molar-refractivity contribution >= 4 is 50.6 Å². The summed E-state index contributed by atoms with van der Waals surface area (Å²) in [5.41, 5.74) is 10.9. The average Bonchev–Trinajstić information content (AvgIpc) is 3.97. The molecule has 0 N–H and O–H groups in total. The molecule has 7 aromatic carbocycles. The van der Waals surface area contributed by atoms with Gasteiger partial charge in [-0.2, -0.15) is 0 Å². The molecule has 1 aliphatic heterocycles. The Balaban J connectivity index is 1.26. The van der Waals surface area contributed by atoms with E-state index >= 15 is 0 Å². The molecule has 0 radical (unpaired) electrons. The first-order valence-corrected chi connectivity index (χ1v) is 25.6. The highest BCUT2D eigenvalue weighted by Gasteiger charge is 2.42. The molecule has 0 unspecified atom stereocenters. The molecule has 0 saturated heterocycles. The molecule has 0 aliphatic carbocycles. The van der Waals surface area contributed by atoms with Gasteiger partial charge in [0.15, 0.2) is 0 Å². The summed E-state index contributed by atoms with van der Waals surface area (Å²) in [4.78, 5) is 4.92. The predicted octanol–water partition coefficient (Wildman–Crippen LogP) is 18.6. The van der Waals surface area contributed by atoms with Crippen molar-refractivity contribution in [3.8, 4) is 39.6 Å². The fourth-order valence-corrected chi connectivity index (χ4v) is 9.84. The third-order valence-corrected chi connectivity index (χ3v) is 13.9. The maximum Gasteiger partial charge on any atom is 0.503 e. The number of fused-ring (bicyclic) bond motifs is 4. The highest BCUT2D eigenvalue weighted by atomic mass is 16.5. The Bertz CT molecular complexity index is 3990. The quantitative estimate of drug-likeness (QED) is 0.135. The Kier molecular flexibility index (Phi) is 10.6. The van der Waals surface area contributed by atoms with Crippen molar-refractivity contribution < 1.29 is 13.0 Å². The van der Waals surface area contributed by atoms with Gasteiger partial charge < -0.3 is 4.74 Å². The molecule has 0 saturated carbocycles. The number of para-hydroxylation sites is 3. The van der Waals surface area contributed by atoms with Gasteiger partial charge in [-0.05, 0) is 125 Å². The summed E-state index contributed by atoms with van der Waals surface area (Å²) >= 11 is 0. The molecule has 2 aromatic heterocycles. The summed E-state index contributed by atoms with van der Waals surface area (Å²) in [7, 11) is 0. The van der Waals surface area contributed by atoms with Crippen molar-refractivity contribution in [2.24, 2.45) is 5.92 Å². The van der Waals surface area contributed by atoms with Crippen LogP contribution in [-0.4, -0.2) is 15.6 Å². The Labute approximate surface area is 442 Å². The monoisotopic (exact) mass is 967 g/mol. The fourth-order valence-electron chi connectivity index (χ4n) is 9.84. The minimum Gasteiger partial charge on any atom is -0.457 e. The van der Waals surface area contributed by atoms with Crippen molar-refractivity contribution in [2.75, 3.05) is 0 Å². The smallest absolute Gasteiger partial charge is 0.457 e. The molecule has 0 amide bonds. The number of nitrogens with zero attached hydrogens (tertiary/aromatic N) is 4. The summed E-state index contributed by atoms with van der Waals surface area (Å²) in [5, 5.41) is 2.19. The molecule has 0 atom stereocenters. The van der Waals surface area contributed by atoms with Gasteiger partial charge in [0.2, 0.25) is 11.4 Å². The van der Waals surface area contributed by atoms with Gasteiger partial charge in [-0.25, -0.2) is 4.98 Å². The molecular weight excluding hydrogens is 889 g/mol. The van der Waals surface area contributed by atoms with Gasteiger partial charge in [-0.1, -0.05) is 182 Å². The molecule has 10 rings (SSSR count). The fraction of sp³-hybridized carbons (Fsp3) is 0.294. The van der Waals surface area contributed by atoms with E-state index in [9.17, 15) is 5.48 Å². The normalized spacial score (nSPS) is 14.6. The van der Waals surface area contributed by atoms with Crippen LogP contribution in [0.1, 0.15) is 133 Å². The van der Waals surface area contributed by atoms with Gasteiger partial charge in [0, 0.05) is 43.5 Å². The second-order valence-electron chi connectivity index (χ2n) is 24.1. The van der Waals surface area contributed by atoms with Crippen LogP contribution in [0, 0.1) is 5.92 Å². The van der Waals surface area contributed by atoms with Crippen LogP contribution >= 0.6 is 0 Å². The van der Waals surface area contributed by atoms with Crippen LogP contribution in [0.15, 0.2) is 164 Å². The number of hydrogen-bond acceptors (Lipinski definition) is 2. The van der Waals surface area contributed by atoms with Gasteiger partial charge in [-0.3, -0.25) is 4.57 Å².